The summed E-state index contributed by atoms with van der Waals surface area (Å²) in [6.45, 7) is 8.82. The Kier molecular flexibility index (Phi) is 9.65. The van der Waals surface area contributed by atoms with E-state index in [2.05, 4.69) is 32.8 Å². The van der Waals surface area contributed by atoms with Gasteiger partial charge in [-0.05, 0) is 59.1 Å². The Labute approximate surface area is 306 Å². The van der Waals surface area contributed by atoms with Crippen LogP contribution in [0.4, 0.5) is 29.1 Å². The minimum atomic E-state index is -4.93. The molecule has 2 saturated heterocycles. The van der Waals surface area contributed by atoms with Crippen LogP contribution in [0.15, 0.2) is 17.7 Å². The van der Waals surface area contributed by atoms with Gasteiger partial charge in [-0.25, -0.2) is 4.39 Å². The quantitative estimate of drug-likeness (QED) is 0.150. The van der Waals surface area contributed by atoms with Crippen LogP contribution >= 0.6 is 0 Å². The number of carbonyl (C=O) groups is 1. The van der Waals surface area contributed by atoms with Gasteiger partial charge in [-0.2, -0.15) is 28.2 Å². The second-order valence-corrected chi connectivity index (χ2v) is 14.5. The molecule has 1 amide bonds. The molecule has 0 radical (unpaired) electrons. The van der Waals surface area contributed by atoms with Crippen molar-refractivity contribution in [1.29, 1.82) is 0 Å². The van der Waals surface area contributed by atoms with Crippen molar-refractivity contribution < 1.29 is 31.8 Å². The molecule has 2 fully saturated rings. The molecular formula is C38H44F4N8O3. The molecule has 0 bridgehead atoms. The van der Waals surface area contributed by atoms with Gasteiger partial charge >= 0.3 is 12.2 Å². The average molecular weight is 737 g/mol. The third-order valence-corrected chi connectivity index (χ3v) is 11.0. The van der Waals surface area contributed by atoms with E-state index in [9.17, 15) is 18.0 Å². The summed E-state index contributed by atoms with van der Waals surface area (Å²) in [6, 6.07) is 1.01. The third kappa shape index (κ3) is 6.60. The molecule has 15 heteroatoms. The summed E-state index contributed by atoms with van der Waals surface area (Å²) in [7, 11) is 3.36. The van der Waals surface area contributed by atoms with Crippen molar-refractivity contribution in [2.24, 2.45) is 0 Å². The number of hydrogen-bond donors (Lipinski definition) is 1. The lowest BCUT2D eigenvalue weighted by atomic mass is 9.90. The van der Waals surface area contributed by atoms with Gasteiger partial charge in [0, 0.05) is 62.4 Å². The number of anilines is 2. The number of aryl methyl sites for hydroxylation is 1. The van der Waals surface area contributed by atoms with Gasteiger partial charge < -0.3 is 25.0 Å². The Bertz CT molecular complexity index is 2050. The van der Waals surface area contributed by atoms with Crippen molar-refractivity contribution >= 4 is 17.4 Å². The predicted molar refractivity (Wildman–Crippen MR) is 190 cm³/mol. The molecular weight excluding hydrogens is 692 g/mol. The second kappa shape index (κ2) is 13.9. The first-order valence-electron chi connectivity index (χ1n) is 17.9. The number of hydrogen-bond acceptors (Lipinski definition) is 9. The van der Waals surface area contributed by atoms with Gasteiger partial charge in [0.25, 0.3) is 5.91 Å². The van der Waals surface area contributed by atoms with E-state index in [0.717, 1.165) is 49.7 Å². The maximum absolute atomic E-state index is 15.8. The summed E-state index contributed by atoms with van der Waals surface area (Å²) >= 11 is 0. The highest BCUT2D eigenvalue weighted by Crippen LogP contribution is 2.45. The van der Waals surface area contributed by atoms with Crippen molar-refractivity contribution in [1.82, 2.24) is 29.5 Å². The highest BCUT2D eigenvalue weighted by molar-refractivity contribution is 5.93. The number of fused-ring (bicyclic) bond motifs is 3. The molecule has 3 aromatic rings. The fourth-order valence-corrected chi connectivity index (χ4v) is 8.29. The summed E-state index contributed by atoms with van der Waals surface area (Å²) in [5, 5.41) is 4.65. The zero-order valence-electron chi connectivity index (χ0n) is 30.7. The minimum absolute atomic E-state index is 0.0918. The Morgan fingerprint density at radius 1 is 1.21 bits per heavy atom. The Morgan fingerprint density at radius 3 is 2.72 bits per heavy atom. The van der Waals surface area contributed by atoms with Gasteiger partial charge in [0.05, 0.1) is 47.4 Å². The predicted octanol–water partition coefficient (Wildman–Crippen LogP) is 5.58. The van der Waals surface area contributed by atoms with E-state index in [0.29, 0.717) is 55.4 Å². The number of halogens is 4. The molecule has 7 rings (SSSR count). The average Bonchev–Trinajstić information content (AvgIpc) is 3.71. The first-order valence-corrected chi connectivity index (χ1v) is 17.9. The zero-order chi connectivity index (χ0) is 37.8. The number of amides is 1. The largest absolute Gasteiger partial charge is 0.461 e. The van der Waals surface area contributed by atoms with E-state index in [1.165, 1.54) is 17.4 Å². The molecule has 2 atom stereocenters. The van der Waals surface area contributed by atoms with Crippen molar-refractivity contribution in [2.45, 2.75) is 90.4 Å². The highest BCUT2D eigenvalue weighted by Gasteiger charge is 2.47. The van der Waals surface area contributed by atoms with Crippen LogP contribution in [0.25, 0.3) is 0 Å². The SMILES string of the molecule is CC#Cc1cc(N)c(F)c([C@@H]2Cc3nc(OC[C@@]45CCCN4C/C(=C\C)C5)nc(N4CCCn5nc(C(=O)N(C)C)c(C)c5C4)c3CO2)c1C(F)(F)F. The van der Waals surface area contributed by atoms with Gasteiger partial charge in [0.15, 0.2) is 11.5 Å². The van der Waals surface area contributed by atoms with Crippen LogP contribution in [-0.4, -0.2) is 81.3 Å². The van der Waals surface area contributed by atoms with E-state index in [4.69, 9.17) is 25.2 Å². The lowest BCUT2D eigenvalue weighted by molar-refractivity contribution is -0.140. The lowest BCUT2D eigenvalue weighted by Gasteiger charge is -2.33. The number of allylic oxidation sites excluding steroid dienone is 1. The first kappa shape index (κ1) is 36.7. The van der Waals surface area contributed by atoms with Crippen LogP contribution in [0, 0.1) is 24.6 Å². The number of nitrogens with zero attached hydrogens (tertiary/aromatic N) is 7. The van der Waals surface area contributed by atoms with Crippen molar-refractivity contribution in [3.63, 3.8) is 0 Å². The van der Waals surface area contributed by atoms with Crippen LogP contribution < -0.4 is 15.4 Å². The number of aromatic nitrogens is 4. The maximum Gasteiger partial charge on any atom is 0.418 e. The highest BCUT2D eigenvalue weighted by atomic mass is 19.4. The fraction of sp³-hybridized carbons (Fsp3) is 0.526. The molecule has 1 aromatic carbocycles. The zero-order valence-corrected chi connectivity index (χ0v) is 30.7. The maximum atomic E-state index is 15.8. The standard InChI is InChI=1S/C38H44F4N8O3/c1-6-10-24-15-26(43)32(39)30(31(24)38(40,41)42)29-16-27-25(20-52-29)34(45-36(44-27)53-21-37-11-8-13-49(37)18-23(7-2)17-37)48-12-9-14-50-28(19-48)22(3)33(46-50)35(51)47(4)5/h7,15,29H,8-9,11-14,16-21,43H2,1-5H3/b23-7-/t29-,37-/m0/s1. The van der Waals surface area contributed by atoms with Crippen LogP contribution in [0.5, 0.6) is 6.01 Å². The van der Waals surface area contributed by atoms with Crippen LogP contribution in [0.3, 0.4) is 0 Å². The van der Waals surface area contributed by atoms with Crippen LogP contribution in [-0.2, 0) is 37.0 Å². The molecule has 4 aliphatic heterocycles. The third-order valence-electron chi connectivity index (χ3n) is 11.0. The van der Waals surface area contributed by atoms with Crippen LogP contribution in [0.2, 0.25) is 0 Å². The summed E-state index contributed by atoms with van der Waals surface area (Å²) in [4.78, 5) is 28.7. The summed E-state index contributed by atoms with van der Waals surface area (Å²) < 4.78 is 74.1. The molecule has 2 N–H and O–H groups in total. The molecule has 0 unspecified atom stereocenters. The molecule has 6 heterocycles. The number of nitrogens with two attached hydrogens (primary N) is 1. The van der Waals surface area contributed by atoms with Gasteiger partial charge in [-0.1, -0.05) is 17.6 Å². The summed E-state index contributed by atoms with van der Waals surface area (Å²) in [5.41, 5.74) is 7.26. The summed E-state index contributed by atoms with van der Waals surface area (Å²) in [5.74, 6) is 4.05. The topological polar surface area (TPSA) is 115 Å². The van der Waals surface area contributed by atoms with Gasteiger partial charge in [0.2, 0.25) is 0 Å². The van der Waals surface area contributed by atoms with Crippen molar-refractivity contribution in [3.05, 3.63) is 68.4 Å². The Hall–Kier alpha value is -4.68. The van der Waals surface area contributed by atoms with Crippen molar-refractivity contribution in [2.75, 3.05) is 51.0 Å². The van der Waals surface area contributed by atoms with Gasteiger partial charge in [0.1, 0.15) is 12.4 Å². The normalized spacial score (nSPS) is 22.2. The van der Waals surface area contributed by atoms with Crippen LogP contribution in [0.1, 0.15) is 95.3 Å². The number of alkyl halides is 3. The van der Waals surface area contributed by atoms with E-state index < -0.39 is 40.5 Å². The first-order chi connectivity index (χ1) is 25.2. The number of ether oxygens (including phenoxy) is 2. The van der Waals surface area contributed by atoms with E-state index in [1.807, 2.05) is 18.5 Å². The summed E-state index contributed by atoms with van der Waals surface area (Å²) in [6.07, 6.45) is -0.771. The monoisotopic (exact) mass is 736 g/mol. The number of nitrogen functional groups attached to an aromatic ring is 1. The molecule has 0 spiro atoms. The Balaban J connectivity index is 1.30. The molecule has 4 aliphatic rings. The van der Waals surface area contributed by atoms with Gasteiger partial charge in [-0.3, -0.25) is 14.4 Å². The molecule has 0 aliphatic carbocycles. The fourth-order valence-electron chi connectivity index (χ4n) is 8.29. The van der Waals surface area contributed by atoms with Gasteiger partial charge in [-0.15, -0.1) is 5.92 Å². The molecule has 0 saturated carbocycles. The van der Waals surface area contributed by atoms with E-state index in [1.54, 1.807) is 14.1 Å². The smallest absolute Gasteiger partial charge is 0.418 e. The lowest BCUT2D eigenvalue weighted by Crippen LogP contribution is -2.43. The number of rotatable bonds is 6. The van der Waals surface area contributed by atoms with E-state index in [-0.39, 0.29) is 30.5 Å². The number of benzene rings is 1. The minimum Gasteiger partial charge on any atom is -0.461 e. The van der Waals surface area contributed by atoms with E-state index >= 15 is 4.39 Å². The molecule has 2 aromatic heterocycles. The molecule has 282 valence electrons. The number of carbonyl (C=O) groups excluding carboxylic acids is 1. The second-order valence-electron chi connectivity index (χ2n) is 14.5. The van der Waals surface area contributed by atoms with Crippen molar-refractivity contribution in [3.8, 4) is 17.9 Å². The molecule has 11 nitrogen and oxygen atoms in total. The Morgan fingerprint density at radius 2 is 2.00 bits per heavy atom. The molecule has 53 heavy (non-hydrogen) atoms.